The number of rotatable bonds is 5. The third kappa shape index (κ3) is 3.69. The first-order chi connectivity index (χ1) is 10.3. The lowest BCUT2D eigenvalue weighted by molar-refractivity contribution is 0.0316. The highest BCUT2D eigenvalue weighted by Crippen LogP contribution is 2.30. The number of hydrogen-bond donors (Lipinski definition) is 1. The van der Waals surface area contributed by atoms with Crippen molar-refractivity contribution in [3.8, 4) is 0 Å². The van der Waals surface area contributed by atoms with E-state index in [0.29, 0.717) is 0 Å². The molecule has 2 atom stereocenters. The fourth-order valence-electron chi connectivity index (χ4n) is 2.97. The molecule has 0 radical (unpaired) electrons. The maximum absolute atomic E-state index is 6.31. The van der Waals surface area contributed by atoms with Gasteiger partial charge < -0.3 is 10.5 Å². The lowest BCUT2D eigenvalue weighted by Crippen LogP contribution is -2.27. The van der Waals surface area contributed by atoms with E-state index >= 15 is 0 Å². The molecule has 2 N–H and O–H groups in total. The first kappa shape index (κ1) is 14.2. The average molecular weight is 282 g/mol. The zero-order valence-corrected chi connectivity index (χ0v) is 12.2. The summed E-state index contributed by atoms with van der Waals surface area (Å²) in [5, 5.41) is 0. The van der Waals surface area contributed by atoms with Gasteiger partial charge in [-0.05, 0) is 54.5 Å². The lowest BCUT2D eigenvalue weighted by Gasteiger charge is -2.28. The van der Waals surface area contributed by atoms with Crippen molar-refractivity contribution in [1.29, 1.82) is 0 Å². The molecule has 2 unspecified atom stereocenters. The van der Waals surface area contributed by atoms with Crippen molar-refractivity contribution in [3.63, 3.8) is 0 Å². The Morgan fingerprint density at radius 2 is 2.00 bits per heavy atom. The topological polar surface area (TPSA) is 48.1 Å². The van der Waals surface area contributed by atoms with Gasteiger partial charge in [-0.1, -0.05) is 24.3 Å². The van der Waals surface area contributed by atoms with E-state index in [9.17, 15) is 0 Å². The molecule has 3 heteroatoms. The predicted octanol–water partition coefficient (Wildman–Crippen LogP) is 3.05. The summed E-state index contributed by atoms with van der Waals surface area (Å²) in [6.45, 7) is 0.804. The van der Waals surface area contributed by atoms with Gasteiger partial charge in [0.2, 0.25) is 0 Å². The first-order valence-electron chi connectivity index (χ1n) is 7.67. The molecule has 3 rings (SSSR count). The number of fused-ring (bicyclic) bond motifs is 1. The van der Waals surface area contributed by atoms with E-state index in [0.717, 1.165) is 32.3 Å². The van der Waals surface area contributed by atoms with E-state index < -0.39 is 0 Å². The minimum Gasteiger partial charge on any atom is -0.373 e. The van der Waals surface area contributed by atoms with Crippen LogP contribution >= 0.6 is 0 Å². The SMILES string of the molecule is NC(CCc1ccncc1)CC1OCCc2ccccc21. The van der Waals surface area contributed by atoms with Crippen LogP contribution in [0, 0.1) is 0 Å². The number of hydrogen-bond acceptors (Lipinski definition) is 3. The van der Waals surface area contributed by atoms with Crippen molar-refractivity contribution in [1.82, 2.24) is 4.98 Å². The number of nitrogens with zero attached hydrogens (tertiary/aromatic N) is 1. The third-order valence-electron chi connectivity index (χ3n) is 4.16. The van der Waals surface area contributed by atoms with Crippen LogP contribution in [0.1, 0.15) is 35.6 Å². The van der Waals surface area contributed by atoms with Crippen LogP contribution in [0.25, 0.3) is 0 Å². The van der Waals surface area contributed by atoms with Gasteiger partial charge in [0.1, 0.15) is 0 Å². The Hall–Kier alpha value is -1.71. The van der Waals surface area contributed by atoms with Crippen LogP contribution in [0.5, 0.6) is 0 Å². The monoisotopic (exact) mass is 282 g/mol. The highest BCUT2D eigenvalue weighted by Gasteiger charge is 2.22. The summed E-state index contributed by atoms with van der Waals surface area (Å²) in [4.78, 5) is 4.04. The molecular weight excluding hydrogens is 260 g/mol. The summed E-state index contributed by atoms with van der Waals surface area (Å²) in [7, 11) is 0. The van der Waals surface area contributed by atoms with E-state index in [2.05, 4.69) is 41.4 Å². The van der Waals surface area contributed by atoms with Crippen LogP contribution in [0.4, 0.5) is 0 Å². The first-order valence-corrected chi connectivity index (χ1v) is 7.67. The molecule has 3 nitrogen and oxygen atoms in total. The summed E-state index contributed by atoms with van der Waals surface area (Å²) in [5.74, 6) is 0. The average Bonchev–Trinajstić information content (AvgIpc) is 2.54. The van der Waals surface area contributed by atoms with E-state index in [1.807, 2.05) is 12.4 Å². The molecule has 1 aliphatic rings. The van der Waals surface area contributed by atoms with Crippen molar-refractivity contribution >= 4 is 0 Å². The number of aryl methyl sites for hydroxylation is 1. The molecule has 0 saturated heterocycles. The lowest BCUT2D eigenvalue weighted by atomic mass is 9.92. The van der Waals surface area contributed by atoms with Gasteiger partial charge in [0.05, 0.1) is 12.7 Å². The number of pyridine rings is 1. The largest absolute Gasteiger partial charge is 0.373 e. The fourth-order valence-corrected chi connectivity index (χ4v) is 2.97. The second-order valence-corrected chi connectivity index (χ2v) is 5.70. The molecule has 1 aromatic carbocycles. The molecule has 1 aromatic heterocycles. The Labute approximate surface area is 126 Å². The molecule has 0 aliphatic carbocycles. The van der Waals surface area contributed by atoms with E-state index in [1.165, 1.54) is 16.7 Å². The Morgan fingerprint density at radius 3 is 2.86 bits per heavy atom. The van der Waals surface area contributed by atoms with Crippen LogP contribution in [0.2, 0.25) is 0 Å². The normalized spacial score (nSPS) is 19.0. The molecule has 0 amide bonds. The zero-order chi connectivity index (χ0) is 14.5. The molecule has 0 bridgehead atoms. The second kappa shape index (κ2) is 6.83. The molecule has 2 heterocycles. The zero-order valence-electron chi connectivity index (χ0n) is 12.2. The summed E-state index contributed by atoms with van der Waals surface area (Å²) >= 11 is 0. The predicted molar refractivity (Wildman–Crippen MR) is 84.0 cm³/mol. The molecule has 1 aliphatic heterocycles. The van der Waals surface area contributed by atoms with Gasteiger partial charge in [-0.2, -0.15) is 0 Å². The smallest absolute Gasteiger partial charge is 0.0842 e. The minimum absolute atomic E-state index is 0.155. The number of benzene rings is 1. The molecule has 110 valence electrons. The van der Waals surface area contributed by atoms with Gasteiger partial charge in [0.15, 0.2) is 0 Å². The van der Waals surface area contributed by atoms with Gasteiger partial charge in [-0.15, -0.1) is 0 Å². The van der Waals surface area contributed by atoms with Crippen LogP contribution in [-0.2, 0) is 17.6 Å². The van der Waals surface area contributed by atoms with Crippen LogP contribution in [0.3, 0.4) is 0 Å². The molecule has 2 aromatic rings. The molecule has 0 saturated carbocycles. The highest BCUT2D eigenvalue weighted by atomic mass is 16.5. The van der Waals surface area contributed by atoms with Crippen molar-refractivity contribution < 1.29 is 4.74 Å². The summed E-state index contributed by atoms with van der Waals surface area (Å²) < 4.78 is 5.94. The van der Waals surface area contributed by atoms with Gasteiger partial charge >= 0.3 is 0 Å². The molecule has 0 fully saturated rings. The molecular formula is C18H22N2O. The minimum atomic E-state index is 0.155. The van der Waals surface area contributed by atoms with Crippen molar-refractivity contribution in [3.05, 3.63) is 65.5 Å². The fraction of sp³-hybridized carbons (Fsp3) is 0.389. The Bertz CT molecular complexity index is 570. The highest BCUT2D eigenvalue weighted by molar-refractivity contribution is 5.31. The van der Waals surface area contributed by atoms with E-state index in [-0.39, 0.29) is 12.1 Å². The van der Waals surface area contributed by atoms with Crippen molar-refractivity contribution in [2.24, 2.45) is 5.73 Å². The van der Waals surface area contributed by atoms with Gasteiger partial charge in [-0.3, -0.25) is 4.98 Å². The van der Waals surface area contributed by atoms with Gasteiger partial charge in [-0.25, -0.2) is 0 Å². The molecule has 0 spiro atoms. The number of aromatic nitrogens is 1. The summed E-state index contributed by atoms with van der Waals surface area (Å²) in [6.07, 6.45) is 7.70. The van der Waals surface area contributed by atoms with Gasteiger partial charge in [0.25, 0.3) is 0 Å². The number of ether oxygens (including phenoxy) is 1. The van der Waals surface area contributed by atoms with Crippen LogP contribution in [-0.4, -0.2) is 17.6 Å². The van der Waals surface area contributed by atoms with E-state index in [4.69, 9.17) is 10.5 Å². The molecule has 21 heavy (non-hydrogen) atoms. The Morgan fingerprint density at radius 1 is 1.19 bits per heavy atom. The third-order valence-corrected chi connectivity index (χ3v) is 4.16. The Balaban J connectivity index is 1.57. The van der Waals surface area contributed by atoms with E-state index in [1.54, 1.807) is 0 Å². The van der Waals surface area contributed by atoms with Crippen molar-refractivity contribution in [2.75, 3.05) is 6.61 Å². The Kier molecular flexibility index (Phi) is 4.63. The van der Waals surface area contributed by atoms with Crippen LogP contribution in [0.15, 0.2) is 48.8 Å². The van der Waals surface area contributed by atoms with Crippen molar-refractivity contribution in [2.45, 2.75) is 37.8 Å². The maximum atomic E-state index is 6.31. The maximum Gasteiger partial charge on any atom is 0.0842 e. The standard InChI is InChI=1S/C18H22N2O/c19-16(6-5-14-7-10-20-11-8-14)13-18-17-4-2-1-3-15(17)9-12-21-18/h1-4,7-8,10-11,16,18H,5-6,9,12-13,19H2. The van der Waals surface area contributed by atoms with Crippen LogP contribution < -0.4 is 5.73 Å². The number of nitrogens with two attached hydrogens (primary N) is 1. The summed E-state index contributed by atoms with van der Waals surface area (Å²) in [6, 6.07) is 12.8. The second-order valence-electron chi connectivity index (χ2n) is 5.70. The van der Waals surface area contributed by atoms with Gasteiger partial charge in [0, 0.05) is 18.4 Å². The quantitative estimate of drug-likeness (QED) is 0.917. The summed E-state index contributed by atoms with van der Waals surface area (Å²) in [5.41, 5.74) is 10.3.